The number of rotatable bonds is 2. The van der Waals surface area contributed by atoms with Crippen LogP contribution in [0.5, 0.6) is 0 Å². The van der Waals surface area contributed by atoms with Crippen LogP contribution in [0.4, 0.5) is 17.6 Å². The summed E-state index contributed by atoms with van der Waals surface area (Å²) in [6.07, 6.45) is 2.37. The highest BCUT2D eigenvalue weighted by molar-refractivity contribution is 5.33. The molecule has 0 saturated carbocycles. The Labute approximate surface area is 94.7 Å². The van der Waals surface area contributed by atoms with Gasteiger partial charge in [0, 0.05) is 24.0 Å². The first kappa shape index (κ1) is 11.6. The Kier molecular flexibility index (Phi) is 2.83. The van der Waals surface area contributed by atoms with E-state index in [0.29, 0.717) is 6.07 Å². The van der Waals surface area contributed by atoms with Crippen LogP contribution in [0.25, 0.3) is 0 Å². The predicted octanol–water partition coefficient (Wildman–Crippen LogP) is 3.50. The minimum absolute atomic E-state index is 0.391. The second kappa shape index (κ2) is 4.16. The van der Waals surface area contributed by atoms with E-state index in [1.54, 1.807) is 0 Å². The van der Waals surface area contributed by atoms with Crippen LogP contribution < -0.4 is 0 Å². The molecule has 17 heavy (non-hydrogen) atoms. The number of hydrogen-bond donors (Lipinski definition) is 0. The van der Waals surface area contributed by atoms with E-state index in [-0.39, 0.29) is 0 Å². The fraction of sp³-hybridized carbons (Fsp3) is 0.0833. The molecule has 0 amide bonds. The van der Waals surface area contributed by atoms with Crippen LogP contribution in [0, 0.1) is 11.6 Å². The van der Waals surface area contributed by atoms with Crippen molar-refractivity contribution in [2.24, 2.45) is 0 Å². The minimum atomic E-state index is -3.51. The van der Waals surface area contributed by atoms with Gasteiger partial charge in [0.15, 0.2) is 0 Å². The van der Waals surface area contributed by atoms with Gasteiger partial charge in [-0.15, -0.1) is 0 Å². The molecule has 0 aliphatic heterocycles. The zero-order valence-electron chi connectivity index (χ0n) is 8.50. The molecule has 1 nitrogen and oxygen atoms in total. The molecule has 0 N–H and O–H groups in total. The van der Waals surface area contributed by atoms with Crippen LogP contribution in [0.3, 0.4) is 0 Å². The lowest BCUT2D eigenvalue weighted by molar-refractivity contribution is 0.0387. The Bertz CT molecular complexity index is 525. The summed E-state index contributed by atoms with van der Waals surface area (Å²) in [6.45, 7) is 0. The molecule has 0 atom stereocenters. The van der Waals surface area contributed by atoms with Crippen molar-refractivity contribution < 1.29 is 17.6 Å². The normalized spacial score (nSPS) is 11.5. The van der Waals surface area contributed by atoms with Crippen LogP contribution in [0.15, 0.2) is 42.7 Å². The summed E-state index contributed by atoms with van der Waals surface area (Å²) in [7, 11) is 0. The Balaban J connectivity index is 2.52. The van der Waals surface area contributed by atoms with Crippen molar-refractivity contribution in [2.45, 2.75) is 5.92 Å². The van der Waals surface area contributed by atoms with E-state index in [4.69, 9.17) is 0 Å². The van der Waals surface area contributed by atoms with E-state index in [2.05, 4.69) is 4.98 Å². The summed E-state index contributed by atoms with van der Waals surface area (Å²) in [4.78, 5) is 3.60. The smallest absolute Gasteiger partial charge is 0.265 e. The lowest BCUT2D eigenvalue weighted by Crippen LogP contribution is -2.17. The lowest BCUT2D eigenvalue weighted by Gasteiger charge is -2.17. The number of hydrogen-bond acceptors (Lipinski definition) is 1. The van der Waals surface area contributed by atoms with Gasteiger partial charge in [0.2, 0.25) is 0 Å². The first-order chi connectivity index (χ1) is 8.01. The van der Waals surface area contributed by atoms with Crippen LogP contribution >= 0.6 is 0 Å². The molecule has 0 spiro atoms. The fourth-order valence-corrected chi connectivity index (χ4v) is 1.46. The van der Waals surface area contributed by atoms with Gasteiger partial charge in [0.05, 0.1) is 5.56 Å². The second-order valence-corrected chi connectivity index (χ2v) is 3.43. The molecule has 1 heterocycles. The number of benzene rings is 1. The third kappa shape index (κ3) is 2.13. The largest absolute Gasteiger partial charge is 0.301 e. The van der Waals surface area contributed by atoms with Crippen molar-refractivity contribution in [2.75, 3.05) is 0 Å². The molecule has 1 aromatic carbocycles. The molecule has 1 aromatic heterocycles. The molecule has 0 unspecified atom stereocenters. The number of pyridine rings is 1. The van der Waals surface area contributed by atoms with Crippen LogP contribution in [-0.4, -0.2) is 4.98 Å². The van der Waals surface area contributed by atoms with E-state index in [0.717, 1.165) is 24.3 Å². The molecule has 0 aliphatic carbocycles. The van der Waals surface area contributed by atoms with Crippen LogP contribution in [0.2, 0.25) is 0 Å². The van der Waals surface area contributed by atoms with Gasteiger partial charge in [0.1, 0.15) is 11.6 Å². The lowest BCUT2D eigenvalue weighted by atomic mass is 10.0. The number of alkyl halides is 2. The molecule has 0 aliphatic rings. The Morgan fingerprint density at radius 1 is 0.941 bits per heavy atom. The molecule has 88 valence electrons. The molecule has 5 heteroatoms. The van der Waals surface area contributed by atoms with Gasteiger partial charge in [-0.05, 0) is 24.3 Å². The maximum absolute atomic E-state index is 13.9. The summed E-state index contributed by atoms with van der Waals surface area (Å²) in [5.74, 6) is -5.68. The molecule has 0 bridgehead atoms. The van der Waals surface area contributed by atoms with Crippen LogP contribution in [0.1, 0.15) is 11.1 Å². The monoisotopic (exact) mass is 241 g/mol. The maximum atomic E-state index is 13.9. The van der Waals surface area contributed by atoms with E-state index < -0.39 is 28.7 Å². The molecule has 0 radical (unpaired) electrons. The summed E-state index contributed by atoms with van der Waals surface area (Å²) in [5, 5.41) is 0. The van der Waals surface area contributed by atoms with Crippen molar-refractivity contribution in [1.29, 1.82) is 0 Å². The van der Waals surface area contributed by atoms with Crippen molar-refractivity contribution in [3.05, 3.63) is 65.5 Å². The maximum Gasteiger partial charge on any atom is 0.301 e. The van der Waals surface area contributed by atoms with E-state index in [1.807, 2.05) is 0 Å². The zero-order valence-corrected chi connectivity index (χ0v) is 8.50. The highest BCUT2D eigenvalue weighted by atomic mass is 19.3. The van der Waals surface area contributed by atoms with Gasteiger partial charge < -0.3 is 0 Å². The van der Waals surface area contributed by atoms with Gasteiger partial charge >= 0.3 is 5.92 Å². The van der Waals surface area contributed by atoms with Gasteiger partial charge in [-0.1, -0.05) is 0 Å². The quantitative estimate of drug-likeness (QED) is 0.733. The van der Waals surface area contributed by atoms with Gasteiger partial charge in [0.25, 0.3) is 0 Å². The SMILES string of the molecule is Fc1ccc(C(F)(F)c2ccncc2)c(F)c1. The van der Waals surface area contributed by atoms with Crippen molar-refractivity contribution in [3.63, 3.8) is 0 Å². The molecular weight excluding hydrogens is 234 g/mol. The Morgan fingerprint density at radius 2 is 1.59 bits per heavy atom. The Hall–Kier alpha value is -1.91. The summed E-state index contributed by atoms with van der Waals surface area (Å²) < 4.78 is 53.7. The van der Waals surface area contributed by atoms with Gasteiger partial charge in [-0.25, -0.2) is 8.78 Å². The number of aromatic nitrogens is 1. The fourth-order valence-electron chi connectivity index (χ4n) is 1.46. The van der Waals surface area contributed by atoms with Gasteiger partial charge in [-0.2, -0.15) is 8.78 Å². The second-order valence-electron chi connectivity index (χ2n) is 3.43. The number of halogens is 4. The molecule has 2 rings (SSSR count). The summed E-state index contributed by atoms with van der Waals surface area (Å²) in [5.41, 5.74) is -1.25. The molecule has 0 fully saturated rings. The van der Waals surface area contributed by atoms with Gasteiger partial charge in [-0.3, -0.25) is 4.98 Å². The minimum Gasteiger partial charge on any atom is -0.265 e. The third-order valence-corrected chi connectivity index (χ3v) is 2.31. The van der Waals surface area contributed by atoms with E-state index >= 15 is 0 Å². The van der Waals surface area contributed by atoms with E-state index in [9.17, 15) is 17.6 Å². The highest BCUT2D eigenvalue weighted by Gasteiger charge is 2.36. The van der Waals surface area contributed by atoms with Crippen molar-refractivity contribution in [1.82, 2.24) is 4.98 Å². The van der Waals surface area contributed by atoms with Crippen molar-refractivity contribution >= 4 is 0 Å². The zero-order chi connectivity index (χ0) is 12.5. The predicted molar refractivity (Wildman–Crippen MR) is 53.6 cm³/mol. The van der Waals surface area contributed by atoms with Crippen molar-refractivity contribution in [3.8, 4) is 0 Å². The third-order valence-electron chi connectivity index (χ3n) is 2.31. The van der Waals surface area contributed by atoms with Crippen LogP contribution in [-0.2, 0) is 5.92 Å². The molecule has 2 aromatic rings. The Morgan fingerprint density at radius 3 is 2.18 bits per heavy atom. The first-order valence-electron chi connectivity index (χ1n) is 4.75. The van der Waals surface area contributed by atoms with E-state index in [1.165, 1.54) is 12.4 Å². The summed E-state index contributed by atoms with van der Waals surface area (Å²) in [6, 6.07) is 4.15. The highest BCUT2D eigenvalue weighted by Crippen LogP contribution is 2.36. The standard InChI is InChI=1S/C12H7F4N/c13-9-1-2-10(11(14)7-9)12(15,16)8-3-5-17-6-4-8/h1-7H. The number of nitrogens with zero attached hydrogens (tertiary/aromatic N) is 1. The molecular formula is C12H7F4N. The first-order valence-corrected chi connectivity index (χ1v) is 4.75. The summed E-state index contributed by atoms with van der Waals surface area (Å²) >= 11 is 0. The average Bonchev–Trinajstić information content (AvgIpc) is 2.29. The average molecular weight is 241 g/mol. The molecule has 0 saturated heterocycles. The topological polar surface area (TPSA) is 12.9 Å².